The smallest absolute Gasteiger partial charge is 0.258 e. The summed E-state index contributed by atoms with van der Waals surface area (Å²) in [6, 6.07) is 12.3. The van der Waals surface area contributed by atoms with Gasteiger partial charge >= 0.3 is 0 Å². The van der Waals surface area contributed by atoms with Crippen molar-refractivity contribution < 1.29 is 4.39 Å². The van der Waals surface area contributed by atoms with E-state index in [0.29, 0.717) is 29.0 Å². The molecule has 188 valence electrons. The molecule has 0 atom stereocenters. The van der Waals surface area contributed by atoms with E-state index in [4.69, 9.17) is 0 Å². The minimum Gasteiger partial charge on any atom is -0.354 e. The fourth-order valence-electron chi connectivity index (χ4n) is 5.65. The van der Waals surface area contributed by atoms with E-state index >= 15 is 0 Å². The minimum atomic E-state index is -0.560. The Morgan fingerprint density at radius 3 is 2.42 bits per heavy atom. The highest BCUT2D eigenvalue weighted by atomic mass is 19.1. The molecule has 1 aliphatic rings. The molecule has 6 heteroatoms. The third kappa shape index (κ3) is 4.50. The van der Waals surface area contributed by atoms with Crippen LogP contribution in [0.1, 0.15) is 63.5 Å². The number of H-pyrrole nitrogens is 1. The Morgan fingerprint density at radius 2 is 1.78 bits per heavy atom. The summed E-state index contributed by atoms with van der Waals surface area (Å²) in [7, 11) is 1.76. The van der Waals surface area contributed by atoms with Gasteiger partial charge in [0.25, 0.3) is 5.56 Å². The summed E-state index contributed by atoms with van der Waals surface area (Å²) in [5.74, 6) is 0.313. The third-order valence-corrected chi connectivity index (χ3v) is 7.68. The molecule has 1 saturated heterocycles. The van der Waals surface area contributed by atoms with E-state index in [9.17, 15) is 9.18 Å². The summed E-state index contributed by atoms with van der Waals surface area (Å²) in [6.07, 6.45) is 5.67. The number of nitrogens with one attached hydrogen (secondary N) is 1. The SMILES string of the molecule is CC(C)c1c(-c2cc(-c3ccc(F)nc3)c(=O)n(C)c2)[nH]c2ccc(C3CCN(C(C)C)CC3)cc12. The lowest BCUT2D eigenvalue weighted by molar-refractivity contribution is 0.172. The van der Waals surface area contributed by atoms with E-state index < -0.39 is 5.95 Å². The second-order valence-corrected chi connectivity index (χ2v) is 10.7. The zero-order valence-corrected chi connectivity index (χ0v) is 21.8. The van der Waals surface area contributed by atoms with Crippen LogP contribution in [0.25, 0.3) is 33.3 Å². The molecule has 36 heavy (non-hydrogen) atoms. The molecule has 4 heterocycles. The molecule has 0 saturated carbocycles. The molecule has 0 unspecified atom stereocenters. The standard InChI is InChI=1S/C30H35FN4O/c1-18(2)28-25-14-21(20-10-12-35(13-11-20)19(3)4)6-8-26(25)33-29(28)23-15-24(30(36)34(5)17-23)22-7-9-27(31)32-16-22/h6-9,14-20,33H,10-13H2,1-5H3. The molecule has 4 aromatic rings. The van der Waals surface area contributed by atoms with Crippen molar-refractivity contribution in [2.24, 2.45) is 7.05 Å². The molecule has 5 nitrogen and oxygen atoms in total. The highest BCUT2D eigenvalue weighted by Crippen LogP contribution is 2.38. The summed E-state index contributed by atoms with van der Waals surface area (Å²) in [4.78, 5) is 22.9. The first-order valence-corrected chi connectivity index (χ1v) is 13.0. The average Bonchev–Trinajstić information content (AvgIpc) is 3.25. The number of halogens is 1. The van der Waals surface area contributed by atoms with E-state index in [1.54, 1.807) is 17.7 Å². The largest absolute Gasteiger partial charge is 0.354 e. The maximum atomic E-state index is 13.4. The van der Waals surface area contributed by atoms with Gasteiger partial charge < -0.3 is 14.5 Å². The Labute approximate surface area is 212 Å². The number of fused-ring (bicyclic) bond motifs is 1. The van der Waals surface area contributed by atoms with E-state index in [0.717, 1.165) is 29.9 Å². The first-order chi connectivity index (χ1) is 17.2. The van der Waals surface area contributed by atoms with Crippen LogP contribution in [0.15, 0.2) is 53.6 Å². The fourth-order valence-corrected chi connectivity index (χ4v) is 5.65. The number of hydrogen-bond acceptors (Lipinski definition) is 3. The second kappa shape index (κ2) is 9.66. The number of aryl methyl sites for hydroxylation is 1. The molecule has 1 N–H and O–H groups in total. The zero-order chi connectivity index (χ0) is 25.6. The molecule has 1 fully saturated rings. The summed E-state index contributed by atoms with van der Waals surface area (Å²) in [5.41, 5.74) is 6.72. The van der Waals surface area contributed by atoms with Crippen molar-refractivity contribution in [3.05, 3.63) is 76.2 Å². The normalized spacial score (nSPS) is 15.4. The van der Waals surface area contributed by atoms with Crippen molar-refractivity contribution in [2.45, 2.75) is 58.4 Å². The first kappa shape index (κ1) is 24.4. The van der Waals surface area contributed by atoms with Crippen molar-refractivity contribution in [2.75, 3.05) is 13.1 Å². The Kier molecular flexibility index (Phi) is 6.56. The van der Waals surface area contributed by atoms with Gasteiger partial charge in [-0.2, -0.15) is 4.39 Å². The molecule has 1 aromatic carbocycles. The fraction of sp³-hybridized carbons (Fsp3) is 0.400. The second-order valence-electron chi connectivity index (χ2n) is 10.7. The molecule has 0 bridgehead atoms. The predicted octanol–water partition coefficient (Wildman–Crippen LogP) is 6.45. The molecule has 5 rings (SSSR count). The molecule has 0 amide bonds. The number of hydrogen-bond donors (Lipinski definition) is 1. The Bertz CT molecular complexity index is 1440. The monoisotopic (exact) mass is 486 g/mol. The zero-order valence-electron chi connectivity index (χ0n) is 21.8. The lowest BCUT2D eigenvalue weighted by atomic mass is 9.87. The molecule has 3 aromatic heterocycles. The van der Waals surface area contributed by atoms with Gasteiger partial charge in [0.05, 0.1) is 5.69 Å². The average molecular weight is 487 g/mol. The van der Waals surface area contributed by atoms with Gasteiger partial charge in [-0.3, -0.25) is 4.79 Å². The van der Waals surface area contributed by atoms with Crippen LogP contribution in [0.4, 0.5) is 4.39 Å². The number of piperidine rings is 1. The number of rotatable bonds is 5. The molecule has 0 aliphatic carbocycles. The molecule has 1 aliphatic heterocycles. The Morgan fingerprint density at radius 1 is 1.03 bits per heavy atom. The quantitative estimate of drug-likeness (QED) is 0.330. The maximum absolute atomic E-state index is 13.4. The number of pyridine rings is 2. The first-order valence-electron chi connectivity index (χ1n) is 13.0. The topological polar surface area (TPSA) is 53.9 Å². The van der Waals surface area contributed by atoms with E-state index in [-0.39, 0.29) is 5.56 Å². The van der Waals surface area contributed by atoms with Crippen LogP contribution in [-0.4, -0.2) is 38.6 Å². The maximum Gasteiger partial charge on any atom is 0.258 e. The van der Waals surface area contributed by atoms with Gasteiger partial charge in [0.15, 0.2) is 0 Å². The number of likely N-dealkylation sites (tertiary alicyclic amines) is 1. The van der Waals surface area contributed by atoms with Crippen LogP contribution in [0, 0.1) is 5.95 Å². The lowest BCUT2D eigenvalue weighted by Crippen LogP contribution is -2.37. The lowest BCUT2D eigenvalue weighted by Gasteiger charge is -2.34. The van der Waals surface area contributed by atoms with Crippen molar-refractivity contribution in [1.29, 1.82) is 0 Å². The summed E-state index contributed by atoms with van der Waals surface area (Å²) >= 11 is 0. The Balaban J connectivity index is 1.58. The minimum absolute atomic E-state index is 0.135. The number of nitrogens with zero attached hydrogens (tertiary/aromatic N) is 3. The van der Waals surface area contributed by atoms with E-state index in [2.05, 4.69) is 60.8 Å². The van der Waals surface area contributed by atoms with Gasteiger partial charge in [-0.05, 0) is 93.1 Å². The highest BCUT2D eigenvalue weighted by Gasteiger charge is 2.24. The Hall–Kier alpha value is -3.25. The van der Waals surface area contributed by atoms with Crippen LogP contribution in [0.5, 0.6) is 0 Å². The van der Waals surface area contributed by atoms with Crippen molar-refractivity contribution in [3.63, 3.8) is 0 Å². The van der Waals surface area contributed by atoms with Gasteiger partial charge in [-0.1, -0.05) is 19.9 Å². The van der Waals surface area contributed by atoms with E-state index in [1.165, 1.54) is 41.6 Å². The van der Waals surface area contributed by atoms with Gasteiger partial charge in [0.2, 0.25) is 5.95 Å². The van der Waals surface area contributed by atoms with Gasteiger partial charge in [0.1, 0.15) is 0 Å². The highest BCUT2D eigenvalue weighted by molar-refractivity contribution is 5.92. The van der Waals surface area contributed by atoms with Gasteiger partial charge in [-0.15, -0.1) is 0 Å². The van der Waals surface area contributed by atoms with Crippen molar-refractivity contribution >= 4 is 10.9 Å². The molecule has 0 radical (unpaired) electrons. The third-order valence-electron chi connectivity index (χ3n) is 7.68. The number of benzene rings is 1. The summed E-state index contributed by atoms with van der Waals surface area (Å²) in [6.45, 7) is 11.3. The molecular formula is C30H35FN4O. The number of aromatic nitrogens is 3. The molecule has 0 spiro atoms. The van der Waals surface area contributed by atoms with Gasteiger partial charge in [0, 0.05) is 53.1 Å². The van der Waals surface area contributed by atoms with Crippen LogP contribution in [-0.2, 0) is 7.05 Å². The predicted molar refractivity (Wildman–Crippen MR) is 145 cm³/mol. The van der Waals surface area contributed by atoms with Crippen LogP contribution in [0.3, 0.4) is 0 Å². The van der Waals surface area contributed by atoms with Crippen LogP contribution >= 0.6 is 0 Å². The van der Waals surface area contributed by atoms with Gasteiger partial charge in [-0.25, -0.2) is 4.98 Å². The van der Waals surface area contributed by atoms with E-state index in [1.807, 2.05) is 12.3 Å². The van der Waals surface area contributed by atoms with Crippen LogP contribution < -0.4 is 5.56 Å². The van der Waals surface area contributed by atoms with Crippen LogP contribution in [0.2, 0.25) is 0 Å². The van der Waals surface area contributed by atoms with Crippen molar-refractivity contribution in [3.8, 4) is 22.4 Å². The molecular weight excluding hydrogens is 451 g/mol. The number of aromatic amines is 1. The van der Waals surface area contributed by atoms with Crippen molar-refractivity contribution in [1.82, 2.24) is 19.4 Å². The summed E-state index contributed by atoms with van der Waals surface area (Å²) < 4.78 is 15.0. The summed E-state index contributed by atoms with van der Waals surface area (Å²) in [5, 5.41) is 1.25.